The first-order valence-corrected chi connectivity index (χ1v) is 8.79. The Bertz CT molecular complexity index is 686. The fourth-order valence-electron chi connectivity index (χ4n) is 3.11. The van der Waals surface area contributed by atoms with E-state index in [9.17, 15) is 4.79 Å². The highest BCUT2D eigenvalue weighted by Crippen LogP contribution is 2.24. The van der Waals surface area contributed by atoms with E-state index in [-0.39, 0.29) is 5.69 Å². The molecule has 0 aliphatic carbocycles. The third-order valence-electron chi connectivity index (χ3n) is 4.38. The number of aromatic carboxylic acids is 1. The van der Waals surface area contributed by atoms with Crippen LogP contribution in [0.4, 0.5) is 0 Å². The lowest BCUT2D eigenvalue weighted by atomic mass is 9.94. The first kappa shape index (κ1) is 16.1. The summed E-state index contributed by atoms with van der Waals surface area (Å²) in [5, 5.41) is 11.5. The molecule has 1 saturated heterocycles. The number of carboxylic acids is 1. The number of pyridine rings is 1. The quantitative estimate of drug-likeness (QED) is 0.912. The standard InChI is InChI=1S/C17H21N3O2S/c1-12-4-5-18-8-14(12)10-20-6-2-3-13(9-20)7-16-19-15(11-23-16)17(21)22/h4-5,8,11,13H,2-3,6-7,9-10H2,1H3,(H,21,22). The zero-order valence-electron chi connectivity index (χ0n) is 13.2. The number of piperidine rings is 1. The first-order valence-electron chi connectivity index (χ1n) is 7.91. The molecule has 122 valence electrons. The van der Waals surface area contributed by atoms with Gasteiger partial charge in [0.25, 0.3) is 0 Å². The summed E-state index contributed by atoms with van der Waals surface area (Å²) in [4.78, 5) is 21.8. The van der Waals surface area contributed by atoms with Gasteiger partial charge in [-0.15, -0.1) is 11.3 Å². The highest BCUT2D eigenvalue weighted by atomic mass is 32.1. The van der Waals surface area contributed by atoms with Crippen molar-refractivity contribution in [2.45, 2.75) is 32.7 Å². The summed E-state index contributed by atoms with van der Waals surface area (Å²) in [5.41, 5.74) is 2.74. The second kappa shape index (κ2) is 7.19. The van der Waals surface area contributed by atoms with Crippen molar-refractivity contribution in [1.29, 1.82) is 0 Å². The van der Waals surface area contributed by atoms with Gasteiger partial charge in [0.05, 0.1) is 5.01 Å². The number of hydrogen-bond acceptors (Lipinski definition) is 5. The molecule has 2 aromatic heterocycles. The van der Waals surface area contributed by atoms with Gasteiger partial charge in [-0.05, 0) is 49.4 Å². The zero-order chi connectivity index (χ0) is 16.2. The maximum absolute atomic E-state index is 10.9. The van der Waals surface area contributed by atoms with Crippen LogP contribution >= 0.6 is 11.3 Å². The fraction of sp³-hybridized carbons (Fsp3) is 0.471. The lowest BCUT2D eigenvalue weighted by Gasteiger charge is -2.32. The van der Waals surface area contributed by atoms with Crippen molar-refractivity contribution >= 4 is 17.3 Å². The molecule has 1 aliphatic heterocycles. The molecule has 23 heavy (non-hydrogen) atoms. The van der Waals surface area contributed by atoms with E-state index in [1.54, 1.807) is 5.38 Å². The van der Waals surface area contributed by atoms with Crippen LogP contribution in [-0.2, 0) is 13.0 Å². The van der Waals surface area contributed by atoms with E-state index in [0.29, 0.717) is 5.92 Å². The molecule has 3 rings (SSSR count). The van der Waals surface area contributed by atoms with Gasteiger partial charge in [0.1, 0.15) is 0 Å². The first-order chi connectivity index (χ1) is 11.1. The monoisotopic (exact) mass is 331 g/mol. The van der Waals surface area contributed by atoms with Crippen LogP contribution in [0.2, 0.25) is 0 Å². The summed E-state index contributed by atoms with van der Waals surface area (Å²) in [6.45, 7) is 5.22. The number of carboxylic acid groups (broad SMARTS) is 1. The number of carbonyl (C=O) groups is 1. The van der Waals surface area contributed by atoms with Crippen LogP contribution in [0.5, 0.6) is 0 Å². The maximum Gasteiger partial charge on any atom is 0.355 e. The molecule has 6 heteroatoms. The molecule has 0 spiro atoms. The molecule has 0 saturated carbocycles. The fourth-order valence-corrected chi connectivity index (χ4v) is 4.00. The predicted molar refractivity (Wildman–Crippen MR) is 89.8 cm³/mol. The highest BCUT2D eigenvalue weighted by Gasteiger charge is 2.22. The van der Waals surface area contributed by atoms with E-state index in [1.807, 2.05) is 12.4 Å². The number of hydrogen-bond donors (Lipinski definition) is 1. The topological polar surface area (TPSA) is 66.3 Å². The maximum atomic E-state index is 10.9. The third kappa shape index (κ3) is 4.14. The minimum absolute atomic E-state index is 0.170. The van der Waals surface area contributed by atoms with Gasteiger partial charge in [-0.25, -0.2) is 9.78 Å². The van der Waals surface area contributed by atoms with Crippen LogP contribution in [0.25, 0.3) is 0 Å². The number of rotatable bonds is 5. The average Bonchev–Trinajstić information content (AvgIpc) is 2.99. The Morgan fingerprint density at radius 3 is 3.13 bits per heavy atom. The van der Waals surface area contributed by atoms with E-state index >= 15 is 0 Å². The van der Waals surface area contributed by atoms with Gasteiger partial charge >= 0.3 is 5.97 Å². The lowest BCUT2D eigenvalue weighted by Crippen LogP contribution is -2.35. The number of nitrogens with zero attached hydrogens (tertiary/aromatic N) is 3. The number of likely N-dealkylation sites (tertiary alicyclic amines) is 1. The van der Waals surface area contributed by atoms with Crippen LogP contribution in [0.15, 0.2) is 23.8 Å². The minimum Gasteiger partial charge on any atom is -0.476 e. The van der Waals surface area contributed by atoms with Crippen molar-refractivity contribution in [2.75, 3.05) is 13.1 Å². The molecule has 0 amide bonds. The van der Waals surface area contributed by atoms with Gasteiger partial charge in [0.15, 0.2) is 5.69 Å². The van der Waals surface area contributed by atoms with E-state index < -0.39 is 5.97 Å². The number of aromatic nitrogens is 2. The number of aryl methyl sites for hydroxylation is 1. The van der Waals surface area contributed by atoms with Crippen molar-refractivity contribution in [2.24, 2.45) is 5.92 Å². The molecular weight excluding hydrogens is 310 g/mol. The van der Waals surface area contributed by atoms with Crippen molar-refractivity contribution < 1.29 is 9.90 Å². The molecule has 2 aromatic rings. The minimum atomic E-state index is -0.940. The van der Waals surface area contributed by atoms with Gasteiger partial charge in [0, 0.05) is 37.3 Å². The molecule has 1 aliphatic rings. The molecule has 1 atom stereocenters. The van der Waals surface area contributed by atoms with Gasteiger partial charge < -0.3 is 5.11 Å². The SMILES string of the molecule is Cc1ccncc1CN1CCCC(Cc2nc(C(=O)O)cs2)C1. The zero-order valence-corrected chi connectivity index (χ0v) is 14.1. The van der Waals surface area contributed by atoms with Gasteiger partial charge in [-0.1, -0.05) is 0 Å². The molecule has 3 heterocycles. The van der Waals surface area contributed by atoms with E-state index in [4.69, 9.17) is 5.11 Å². The third-order valence-corrected chi connectivity index (χ3v) is 5.25. The largest absolute Gasteiger partial charge is 0.476 e. The molecule has 1 N–H and O–H groups in total. The van der Waals surface area contributed by atoms with Gasteiger partial charge in [-0.3, -0.25) is 9.88 Å². The highest BCUT2D eigenvalue weighted by molar-refractivity contribution is 7.09. The van der Waals surface area contributed by atoms with Crippen LogP contribution < -0.4 is 0 Å². The summed E-state index contributed by atoms with van der Waals surface area (Å²) >= 11 is 1.46. The Labute approximate surface area is 140 Å². The Balaban J connectivity index is 1.59. The van der Waals surface area contributed by atoms with Crippen molar-refractivity contribution in [3.8, 4) is 0 Å². The second-order valence-electron chi connectivity index (χ2n) is 6.18. The average molecular weight is 331 g/mol. The summed E-state index contributed by atoms with van der Waals surface area (Å²) in [7, 11) is 0. The summed E-state index contributed by atoms with van der Waals surface area (Å²) < 4.78 is 0. The Hall–Kier alpha value is -1.79. The summed E-state index contributed by atoms with van der Waals surface area (Å²) in [5.74, 6) is -0.390. The molecule has 0 aromatic carbocycles. The number of thiazole rings is 1. The van der Waals surface area contributed by atoms with E-state index in [1.165, 1.54) is 35.3 Å². The second-order valence-corrected chi connectivity index (χ2v) is 7.12. The van der Waals surface area contributed by atoms with Crippen molar-refractivity contribution in [3.05, 3.63) is 45.7 Å². The smallest absolute Gasteiger partial charge is 0.355 e. The lowest BCUT2D eigenvalue weighted by molar-refractivity contribution is 0.0691. The van der Waals surface area contributed by atoms with E-state index in [2.05, 4.69) is 27.9 Å². The molecular formula is C17H21N3O2S. The molecule has 1 unspecified atom stereocenters. The van der Waals surface area contributed by atoms with Gasteiger partial charge in [0.2, 0.25) is 0 Å². The Morgan fingerprint density at radius 1 is 1.52 bits per heavy atom. The van der Waals surface area contributed by atoms with E-state index in [0.717, 1.165) is 31.1 Å². The van der Waals surface area contributed by atoms with Crippen LogP contribution in [0, 0.1) is 12.8 Å². The van der Waals surface area contributed by atoms with Crippen molar-refractivity contribution in [3.63, 3.8) is 0 Å². The van der Waals surface area contributed by atoms with Crippen molar-refractivity contribution in [1.82, 2.24) is 14.9 Å². The molecule has 0 radical (unpaired) electrons. The Kier molecular flexibility index (Phi) is 5.03. The van der Waals surface area contributed by atoms with Crippen LogP contribution in [0.3, 0.4) is 0 Å². The predicted octanol–water partition coefficient (Wildman–Crippen LogP) is 3.00. The summed E-state index contributed by atoms with van der Waals surface area (Å²) in [6, 6.07) is 2.06. The van der Waals surface area contributed by atoms with Crippen LogP contribution in [-0.4, -0.2) is 39.0 Å². The summed E-state index contributed by atoms with van der Waals surface area (Å²) in [6.07, 6.45) is 7.03. The van der Waals surface area contributed by atoms with Gasteiger partial charge in [-0.2, -0.15) is 0 Å². The molecule has 5 nitrogen and oxygen atoms in total. The normalized spacial score (nSPS) is 18.9. The molecule has 1 fully saturated rings. The Morgan fingerprint density at radius 2 is 2.39 bits per heavy atom. The van der Waals surface area contributed by atoms with Crippen LogP contribution in [0.1, 0.15) is 39.5 Å². The molecule has 0 bridgehead atoms.